The molecule has 0 fully saturated rings. The highest BCUT2D eigenvalue weighted by Crippen LogP contribution is 2.29. The van der Waals surface area contributed by atoms with E-state index in [0.29, 0.717) is 23.2 Å². The standard InChI is InChI=1S/C20H23N3O4/c1-12(2)26-17-10-9-15(11-16(17)21)18-22-19(27-23-18)13-5-7-14(8-6-13)20(24-3)25-4/h5-12,20H,21H2,1-4H3. The molecule has 0 spiro atoms. The van der Waals surface area contributed by atoms with Crippen LogP contribution in [-0.2, 0) is 9.47 Å². The van der Waals surface area contributed by atoms with Crippen LogP contribution in [0.25, 0.3) is 22.8 Å². The molecule has 0 saturated heterocycles. The molecule has 0 unspecified atom stereocenters. The molecule has 0 aliphatic heterocycles. The lowest BCUT2D eigenvalue weighted by Gasteiger charge is -2.13. The van der Waals surface area contributed by atoms with E-state index in [1.807, 2.05) is 50.2 Å². The molecule has 2 N–H and O–H groups in total. The molecule has 0 bridgehead atoms. The molecular weight excluding hydrogens is 346 g/mol. The molecule has 142 valence electrons. The Hall–Kier alpha value is -2.90. The van der Waals surface area contributed by atoms with E-state index >= 15 is 0 Å². The molecule has 1 aromatic heterocycles. The van der Waals surface area contributed by atoms with E-state index in [9.17, 15) is 0 Å². The van der Waals surface area contributed by atoms with Gasteiger partial charge < -0.3 is 24.5 Å². The van der Waals surface area contributed by atoms with E-state index < -0.39 is 6.29 Å². The minimum Gasteiger partial charge on any atom is -0.489 e. The van der Waals surface area contributed by atoms with Crippen molar-refractivity contribution < 1.29 is 18.7 Å². The summed E-state index contributed by atoms with van der Waals surface area (Å²) >= 11 is 0. The van der Waals surface area contributed by atoms with Crippen molar-refractivity contribution in [3.8, 4) is 28.6 Å². The number of ether oxygens (including phenoxy) is 3. The number of nitrogen functional groups attached to an aromatic ring is 1. The van der Waals surface area contributed by atoms with Gasteiger partial charge in [-0.2, -0.15) is 4.98 Å². The minimum atomic E-state index is -0.410. The predicted molar refractivity (Wildman–Crippen MR) is 102 cm³/mol. The summed E-state index contributed by atoms with van der Waals surface area (Å²) < 4.78 is 21.5. The highest BCUT2D eigenvalue weighted by molar-refractivity contribution is 5.67. The van der Waals surface area contributed by atoms with Crippen LogP contribution in [-0.4, -0.2) is 30.5 Å². The van der Waals surface area contributed by atoms with Crippen LogP contribution in [0, 0.1) is 0 Å². The first-order chi connectivity index (χ1) is 13.0. The highest BCUT2D eigenvalue weighted by atomic mass is 16.7. The van der Waals surface area contributed by atoms with E-state index in [4.69, 9.17) is 24.5 Å². The molecule has 0 atom stereocenters. The fourth-order valence-corrected chi connectivity index (χ4v) is 2.66. The number of rotatable bonds is 7. The SMILES string of the molecule is COC(OC)c1ccc(-c2nc(-c3ccc(OC(C)C)c(N)c3)no2)cc1. The molecule has 3 aromatic rings. The topological polar surface area (TPSA) is 92.6 Å². The van der Waals surface area contributed by atoms with Gasteiger partial charge in [0.25, 0.3) is 5.89 Å². The summed E-state index contributed by atoms with van der Waals surface area (Å²) in [6, 6.07) is 13.0. The zero-order chi connectivity index (χ0) is 19.4. The summed E-state index contributed by atoms with van der Waals surface area (Å²) in [6.45, 7) is 3.90. The Labute approximate surface area is 158 Å². The minimum absolute atomic E-state index is 0.0497. The Bertz CT molecular complexity index is 886. The van der Waals surface area contributed by atoms with Gasteiger partial charge in [-0.3, -0.25) is 0 Å². The monoisotopic (exact) mass is 369 g/mol. The Morgan fingerprint density at radius 2 is 1.63 bits per heavy atom. The van der Waals surface area contributed by atoms with Gasteiger partial charge in [0.15, 0.2) is 6.29 Å². The molecule has 0 amide bonds. The molecule has 1 heterocycles. The number of methoxy groups -OCH3 is 2. The molecule has 0 aliphatic carbocycles. The number of benzene rings is 2. The number of hydrogen-bond donors (Lipinski definition) is 1. The molecule has 7 heteroatoms. The van der Waals surface area contributed by atoms with Crippen molar-refractivity contribution in [3.05, 3.63) is 48.0 Å². The third-order valence-corrected chi connectivity index (χ3v) is 3.91. The van der Waals surface area contributed by atoms with E-state index in [0.717, 1.165) is 16.7 Å². The van der Waals surface area contributed by atoms with Crippen LogP contribution in [0.15, 0.2) is 47.0 Å². The highest BCUT2D eigenvalue weighted by Gasteiger charge is 2.14. The fraction of sp³-hybridized carbons (Fsp3) is 0.300. The number of nitrogens with zero attached hydrogens (tertiary/aromatic N) is 2. The maximum Gasteiger partial charge on any atom is 0.258 e. The van der Waals surface area contributed by atoms with Crippen LogP contribution in [0.1, 0.15) is 25.7 Å². The molecular formula is C20H23N3O4. The second kappa shape index (κ2) is 8.20. The smallest absolute Gasteiger partial charge is 0.258 e. The number of hydrogen-bond acceptors (Lipinski definition) is 7. The van der Waals surface area contributed by atoms with Gasteiger partial charge in [-0.1, -0.05) is 17.3 Å². The maximum atomic E-state index is 6.06. The fourth-order valence-electron chi connectivity index (χ4n) is 2.66. The first kappa shape index (κ1) is 18.9. The van der Waals surface area contributed by atoms with E-state index in [2.05, 4.69) is 10.1 Å². The van der Waals surface area contributed by atoms with Crippen molar-refractivity contribution >= 4 is 5.69 Å². The van der Waals surface area contributed by atoms with Gasteiger partial charge in [0.1, 0.15) is 5.75 Å². The first-order valence-electron chi connectivity index (χ1n) is 8.58. The summed E-state index contributed by atoms with van der Waals surface area (Å²) in [4.78, 5) is 4.46. The van der Waals surface area contributed by atoms with Crippen molar-refractivity contribution in [2.45, 2.75) is 26.2 Å². The molecule has 0 saturated carbocycles. The summed E-state index contributed by atoms with van der Waals surface area (Å²) in [6.07, 6.45) is -0.361. The molecule has 3 rings (SSSR count). The largest absolute Gasteiger partial charge is 0.489 e. The van der Waals surface area contributed by atoms with E-state index in [1.165, 1.54) is 0 Å². The number of aromatic nitrogens is 2. The van der Waals surface area contributed by atoms with Crippen LogP contribution >= 0.6 is 0 Å². The normalized spacial score (nSPS) is 11.3. The zero-order valence-electron chi connectivity index (χ0n) is 15.8. The van der Waals surface area contributed by atoms with Crippen LogP contribution in [0.4, 0.5) is 5.69 Å². The second-order valence-electron chi connectivity index (χ2n) is 6.27. The van der Waals surface area contributed by atoms with Gasteiger partial charge in [0.05, 0.1) is 11.8 Å². The van der Waals surface area contributed by atoms with Crippen LogP contribution < -0.4 is 10.5 Å². The Morgan fingerprint density at radius 1 is 0.963 bits per heavy atom. The van der Waals surface area contributed by atoms with Crippen LogP contribution in [0.3, 0.4) is 0 Å². The van der Waals surface area contributed by atoms with E-state index in [-0.39, 0.29) is 6.10 Å². The lowest BCUT2D eigenvalue weighted by atomic mass is 10.1. The molecule has 2 aromatic carbocycles. The van der Waals surface area contributed by atoms with Gasteiger partial charge in [-0.25, -0.2) is 0 Å². The average Bonchev–Trinajstić information content (AvgIpc) is 3.15. The van der Waals surface area contributed by atoms with Crippen molar-refractivity contribution in [3.63, 3.8) is 0 Å². The second-order valence-corrected chi connectivity index (χ2v) is 6.27. The molecule has 7 nitrogen and oxygen atoms in total. The molecule has 0 radical (unpaired) electrons. The Balaban J connectivity index is 1.81. The molecule has 0 aliphatic rings. The van der Waals surface area contributed by atoms with Gasteiger partial charge in [-0.15, -0.1) is 0 Å². The lowest BCUT2D eigenvalue weighted by Crippen LogP contribution is -2.07. The van der Waals surface area contributed by atoms with Gasteiger partial charge >= 0.3 is 0 Å². The van der Waals surface area contributed by atoms with Gasteiger partial charge in [0.2, 0.25) is 5.82 Å². The first-order valence-corrected chi connectivity index (χ1v) is 8.58. The zero-order valence-corrected chi connectivity index (χ0v) is 15.8. The van der Waals surface area contributed by atoms with Gasteiger partial charge in [-0.05, 0) is 44.2 Å². The Morgan fingerprint density at radius 3 is 2.22 bits per heavy atom. The lowest BCUT2D eigenvalue weighted by molar-refractivity contribution is -0.106. The summed E-state index contributed by atoms with van der Waals surface area (Å²) in [5.74, 6) is 1.52. The third kappa shape index (κ3) is 4.27. The summed E-state index contributed by atoms with van der Waals surface area (Å²) in [5, 5.41) is 4.05. The van der Waals surface area contributed by atoms with E-state index in [1.54, 1.807) is 20.3 Å². The van der Waals surface area contributed by atoms with Gasteiger partial charge in [0, 0.05) is 30.9 Å². The van der Waals surface area contributed by atoms with Crippen LogP contribution in [0.5, 0.6) is 5.75 Å². The Kier molecular flexibility index (Phi) is 5.73. The van der Waals surface area contributed by atoms with Crippen molar-refractivity contribution in [1.82, 2.24) is 10.1 Å². The number of anilines is 1. The third-order valence-electron chi connectivity index (χ3n) is 3.91. The maximum absolute atomic E-state index is 6.06. The summed E-state index contributed by atoms with van der Waals surface area (Å²) in [5.41, 5.74) is 9.05. The van der Waals surface area contributed by atoms with Crippen LogP contribution in [0.2, 0.25) is 0 Å². The van der Waals surface area contributed by atoms with Crippen molar-refractivity contribution in [1.29, 1.82) is 0 Å². The number of nitrogens with two attached hydrogens (primary N) is 1. The molecule has 27 heavy (non-hydrogen) atoms. The van der Waals surface area contributed by atoms with Crippen molar-refractivity contribution in [2.75, 3.05) is 20.0 Å². The predicted octanol–water partition coefficient (Wildman–Crippen LogP) is 4.06. The van der Waals surface area contributed by atoms with Crippen molar-refractivity contribution in [2.24, 2.45) is 0 Å². The summed E-state index contributed by atoms with van der Waals surface area (Å²) in [7, 11) is 3.19. The average molecular weight is 369 g/mol. The quantitative estimate of drug-likeness (QED) is 0.496.